The lowest BCUT2D eigenvalue weighted by Gasteiger charge is -2.40. The van der Waals surface area contributed by atoms with Gasteiger partial charge in [-0.05, 0) is 39.8 Å². The predicted molar refractivity (Wildman–Crippen MR) is 73.2 cm³/mol. The highest BCUT2D eigenvalue weighted by atomic mass is 16.1. The topological polar surface area (TPSA) is 20.3 Å². The molecule has 0 heterocycles. The molecule has 2 heteroatoms. The Morgan fingerprint density at radius 2 is 1.53 bits per heavy atom. The maximum absolute atomic E-state index is 12.8. The van der Waals surface area contributed by atoms with E-state index < -0.39 is 0 Å². The molecule has 1 saturated carbocycles. The summed E-state index contributed by atoms with van der Waals surface area (Å²) in [7, 11) is 4.18. The summed E-state index contributed by atoms with van der Waals surface area (Å²) in [5.74, 6) is 0.768. The number of hydrogen-bond acceptors (Lipinski definition) is 2. The van der Waals surface area contributed by atoms with Gasteiger partial charge >= 0.3 is 0 Å². The molecule has 0 aliphatic heterocycles. The van der Waals surface area contributed by atoms with Gasteiger partial charge in [0, 0.05) is 5.92 Å². The molecular formula is C15H29NO. The minimum atomic E-state index is -0.160. The Balaban J connectivity index is 2.92. The third kappa shape index (κ3) is 3.09. The molecule has 0 N–H and O–H groups in total. The van der Waals surface area contributed by atoms with E-state index in [1.54, 1.807) is 0 Å². The average molecular weight is 239 g/mol. The first-order chi connectivity index (χ1) is 8.08. The van der Waals surface area contributed by atoms with Crippen LogP contribution in [0.1, 0.15) is 65.2 Å². The van der Waals surface area contributed by atoms with Gasteiger partial charge in [0.25, 0.3) is 0 Å². The van der Waals surface area contributed by atoms with Crippen molar-refractivity contribution < 1.29 is 4.79 Å². The fraction of sp³-hybridized carbons (Fsp3) is 0.933. The lowest BCUT2D eigenvalue weighted by Crippen LogP contribution is -2.53. The number of Topliss-reactive ketones (excluding diaryl/α,β-unsaturated/α-hetero) is 1. The summed E-state index contributed by atoms with van der Waals surface area (Å²) in [5.41, 5.74) is -0.160. The number of rotatable bonds is 5. The standard InChI is InChI=1S/C15H29NO/c1-5-13(6-2)14(17)15(16(3)4)11-9-7-8-10-12-15/h13H,5-12H2,1-4H3. The van der Waals surface area contributed by atoms with Crippen molar-refractivity contribution in [2.45, 2.75) is 70.8 Å². The summed E-state index contributed by atoms with van der Waals surface area (Å²) < 4.78 is 0. The second kappa shape index (κ2) is 6.53. The smallest absolute Gasteiger partial charge is 0.156 e. The maximum Gasteiger partial charge on any atom is 0.156 e. The molecule has 1 aliphatic carbocycles. The van der Waals surface area contributed by atoms with Crippen molar-refractivity contribution >= 4 is 5.78 Å². The Labute approximate surface area is 107 Å². The van der Waals surface area contributed by atoms with Crippen LogP contribution >= 0.6 is 0 Å². The molecule has 17 heavy (non-hydrogen) atoms. The molecule has 1 aliphatic rings. The van der Waals surface area contributed by atoms with Crippen LogP contribution in [0.5, 0.6) is 0 Å². The molecule has 0 aromatic carbocycles. The van der Waals surface area contributed by atoms with Gasteiger partial charge in [-0.2, -0.15) is 0 Å². The first-order valence-corrected chi connectivity index (χ1v) is 7.30. The molecule has 0 unspecified atom stereocenters. The summed E-state index contributed by atoms with van der Waals surface area (Å²) in [6.45, 7) is 4.29. The van der Waals surface area contributed by atoms with E-state index in [1.165, 1.54) is 25.7 Å². The molecule has 1 rings (SSSR count). The predicted octanol–water partition coefficient (Wildman–Crippen LogP) is 3.65. The zero-order chi connectivity index (χ0) is 12.9. The average Bonchev–Trinajstić information content (AvgIpc) is 2.56. The van der Waals surface area contributed by atoms with Gasteiger partial charge in [-0.25, -0.2) is 0 Å². The number of hydrogen-bond donors (Lipinski definition) is 0. The number of nitrogens with zero attached hydrogens (tertiary/aromatic N) is 1. The number of likely N-dealkylation sites (N-methyl/N-ethyl adjacent to an activating group) is 1. The van der Waals surface area contributed by atoms with E-state index in [-0.39, 0.29) is 11.5 Å². The van der Waals surface area contributed by atoms with Crippen LogP contribution in [-0.4, -0.2) is 30.3 Å². The van der Waals surface area contributed by atoms with Gasteiger partial charge in [0.15, 0.2) is 5.78 Å². The van der Waals surface area contributed by atoms with Crippen molar-refractivity contribution in [1.29, 1.82) is 0 Å². The van der Waals surface area contributed by atoms with Crippen LogP contribution in [0.25, 0.3) is 0 Å². The summed E-state index contributed by atoms with van der Waals surface area (Å²) in [6.07, 6.45) is 9.13. The van der Waals surface area contributed by atoms with E-state index in [4.69, 9.17) is 0 Å². The largest absolute Gasteiger partial charge is 0.297 e. The van der Waals surface area contributed by atoms with E-state index in [9.17, 15) is 4.79 Å². The van der Waals surface area contributed by atoms with Crippen molar-refractivity contribution in [3.05, 3.63) is 0 Å². The van der Waals surface area contributed by atoms with Crippen LogP contribution in [0.15, 0.2) is 0 Å². The molecule has 0 radical (unpaired) electrons. The molecule has 0 spiro atoms. The molecule has 1 fully saturated rings. The Hall–Kier alpha value is -0.370. The highest BCUT2D eigenvalue weighted by Crippen LogP contribution is 2.35. The third-order valence-corrected chi connectivity index (χ3v) is 4.60. The summed E-state index contributed by atoms with van der Waals surface area (Å²) in [5, 5.41) is 0. The number of carbonyl (C=O) groups excluding carboxylic acids is 1. The van der Waals surface area contributed by atoms with Crippen LogP contribution in [0.4, 0.5) is 0 Å². The van der Waals surface area contributed by atoms with Crippen LogP contribution in [0, 0.1) is 5.92 Å². The van der Waals surface area contributed by atoms with Crippen LogP contribution in [0.2, 0.25) is 0 Å². The molecule has 0 aromatic heterocycles. The van der Waals surface area contributed by atoms with Crippen molar-refractivity contribution in [3.8, 4) is 0 Å². The van der Waals surface area contributed by atoms with Crippen molar-refractivity contribution in [3.63, 3.8) is 0 Å². The number of ketones is 1. The number of carbonyl (C=O) groups is 1. The lowest BCUT2D eigenvalue weighted by atomic mass is 9.77. The monoisotopic (exact) mass is 239 g/mol. The molecule has 0 saturated heterocycles. The van der Waals surface area contributed by atoms with E-state index in [0.29, 0.717) is 5.78 Å². The van der Waals surface area contributed by atoms with Gasteiger partial charge in [0.05, 0.1) is 5.54 Å². The fourth-order valence-electron chi connectivity index (χ4n) is 3.27. The highest BCUT2D eigenvalue weighted by Gasteiger charge is 2.42. The van der Waals surface area contributed by atoms with Gasteiger partial charge in [0.1, 0.15) is 0 Å². The normalized spacial score (nSPS) is 20.6. The van der Waals surface area contributed by atoms with Gasteiger partial charge in [-0.3, -0.25) is 9.69 Å². The second-order valence-corrected chi connectivity index (χ2v) is 5.72. The van der Waals surface area contributed by atoms with Crippen molar-refractivity contribution in [2.75, 3.05) is 14.1 Å². The first kappa shape index (κ1) is 14.7. The quantitative estimate of drug-likeness (QED) is 0.683. The van der Waals surface area contributed by atoms with Gasteiger partial charge in [0.2, 0.25) is 0 Å². The first-order valence-electron chi connectivity index (χ1n) is 7.30. The maximum atomic E-state index is 12.8. The van der Waals surface area contributed by atoms with Crippen LogP contribution < -0.4 is 0 Å². The second-order valence-electron chi connectivity index (χ2n) is 5.72. The minimum absolute atomic E-state index is 0.160. The van der Waals surface area contributed by atoms with Gasteiger partial charge in [-0.15, -0.1) is 0 Å². The molecule has 0 aromatic rings. The highest BCUT2D eigenvalue weighted by molar-refractivity contribution is 5.90. The fourth-order valence-corrected chi connectivity index (χ4v) is 3.27. The summed E-state index contributed by atoms with van der Waals surface area (Å²) >= 11 is 0. The Bertz CT molecular complexity index is 235. The third-order valence-electron chi connectivity index (χ3n) is 4.60. The minimum Gasteiger partial charge on any atom is -0.297 e. The lowest BCUT2D eigenvalue weighted by molar-refractivity contribution is -0.135. The Kier molecular flexibility index (Phi) is 5.64. The SMILES string of the molecule is CCC(CC)C(=O)C1(N(C)C)CCCCCC1. The zero-order valence-electron chi connectivity index (χ0n) is 12.1. The summed E-state index contributed by atoms with van der Waals surface area (Å²) in [6, 6.07) is 0. The van der Waals surface area contributed by atoms with E-state index in [2.05, 4.69) is 32.8 Å². The molecule has 100 valence electrons. The van der Waals surface area contributed by atoms with E-state index in [1.807, 2.05) is 0 Å². The van der Waals surface area contributed by atoms with Crippen LogP contribution in [0.3, 0.4) is 0 Å². The van der Waals surface area contributed by atoms with E-state index in [0.717, 1.165) is 25.7 Å². The molecule has 0 amide bonds. The Morgan fingerprint density at radius 3 is 1.88 bits per heavy atom. The van der Waals surface area contributed by atoms with Gasteiger partial charge < -0.3 is 0 Å². The molecule has 0 atom stereocenters. The molecule has 2 nitrogen and oxygen atoms in total. The Morgan fingerprint density at radius 1 is 1.06 bits per heavy atom. The van der Waals surface area contributed by atoms with Crippen molar-refractivity contribution in [2.24, 2.45) is 5.92 Å². The van der Waals surface area contributed by atoms with E-state index >= 15 is 0 Å². The van der Waals surface area contributed by atoms with Crippen molar-refractivity contribution in [1.82, 2.24) is 4.90 Å². The molecular weight excluding hydrogens is 210 g/mol. The zero-order valence-corrected chi connectivity index (χ0v) is 12.1. The van der Waals surface area contributed by atoms with Gasteiger partial charge in [-0.1, -0.05) is 39.5 Å². The molecule has 0 bridgehead atoms. The summed E-state index contributed by atoms with van der Waals surface area (Å²) in [4.78, 5) is 15.0. The van der Waals surface area contributed by atoms with Crippen LogP contribution in [-0.2, 0) is 4.79 Å².